The molecule has 0 saturated heterocycles. The SMILES string of the molecule is C=C(C)CC(C)(C)CC(C)(C)CCCC(C)CCOC(=O)c1cc(C(=O)OCCC(C)CCCC(C)(C)CC(C)(C)CC(=C)C)cc(C(=O)OCCC(C)CCCC(C)(C)CC(C)(C)CC(=C)C)c1. The third-order valence-electron chi connectivity index (χ3n) is 14.0. The Hall–Kier alpha value is -3.15. The predicted octanol–water partition coefficient (Wildman–Crippen LogP) is 19.0. The summed E-state index contributed by atoms with van der Waals surface area (Å²) in [5.41, 5.74) is 5.47. The molecular weight excluding hydrogens is 853 g/mol. The first-order chi connectivity index (χ1) is 31.5. The molecule has 3 atom stereocenters. The van der Waals surface area contributed by atoms with Crippen molar-refractivity contribution in [2.45, 2.75) is 240 Å². The van der Waals surface area contributed by atoms with Crippen LogP contribution in [0.1, 0.15) is 271 Å². The summed E-state index contributed by atoms with van der Waals surface area (Å²) in [6.45, 7) is 54.4. The van der Waals surface area contributed by atoms with Gasteiger partial charge in [0, 0.05) is 0 Å². The summed E-state index contributed by atoms with van der Waals surface area (Å²) in [6, 6.07) is 4.48. The maximum absolute atomic E-state index is 13.6. The van der Waals surface area contributed by atoms with Crippen molar-refractivity contribution in [1.82, 2.24) is 0 Å². The highest BCUT2D eigenvalue weighted by molar-refractivity contribution is 6.00. The second kappa shape index (κ2) is 28.8. The molecule has 1 aromatic carbocycles. The second-order valence-corrected chi connectivity index (χ2v) is 27.5. The van der Waals surface area contributed by atoms with Gasteiger partial charge in [-0.1, -0.05) is 159 Å². The topological polar surface area (TPSA) is 78.9 Å². The highest BCUT2D eigenvalue weighted by Gasteiger charge is 2.31. The number of esters is 3. The molecule has 0 N–H and O–H groups in total. The zero-order valence-corrected chi connectivity index (χ0v) is 48.4. The number of benzene rings is 1. The van der Waals surface area contributed by atoms with Crippen LogP contribution in [0.15, 0.2) is 54.7 Å². The minimum absolute atomic E-state index is 0.146. The fourth-order valence-corrected chi connectivity index (χ4v) is 12.3. The molecule has 0 radical (unpaired) electrons. The second-order valence-electron chi connectivity index (χ2n) is 27.5. The number of hydrogen-bond acceptors (Lipinski definition) is 6. The lowest BCUT2D eigenvalue weighted by molar-refractivity contribution is 0.0481. The first-order valence-corrected chi connectivity index (χ1v) is 27.1. The van der Waals surface area contributed by atoms with E-state index in [-0.39, 0.29) is 69.0 Å². The van der Waals surface area contributed by atoms with Gasteiger partial charge in [-0.2, -0.15) is 0 Å². The van der Waals surface area contributed by atoms with Crippen LogP contribution in [0.5, 0.6) is 0 Å². The van der Waals surface area contributed by atoms with Crippen molar-refractivity contribution in [3.8, 4) is 0 Å². The van der Waals surface area contributed by atoms with Crippen LogP contribution in [0.25, 0.3) is 0 Å². The maximum atomic E-state index is 13.6. The van der Waals surface area contributed by atoms with E-state index in [9.17, 15) is 14.4 Å². The van der Waals surface area contributed by atoms with Crippen molar-refractivity contribution in [1.29, 1.82) is 0 Å². The van der Waals surface area contributed by atoms with Gasteiger partial charge < -0.3 is 14.2 Å². The lowest BCUT2D eigenvalue weighted by Gasteiger charge is -2.35. The number of carbonyl (C=O) groups excluding carboxylic acids is 3. The van der Waals surface area contributed by atoms with Crippen molar-refractivity contribution in [2.75, 3.05) is 19.8 Å². The van der Waals surface area contributed by atoms with Crippen molar-refractivity contribution in [3.63, 3.8) is 0 Å². The quantitative estimate of drug-likeness (QED) is 0.0379. The molecule has 0 aliphatic rings. The number of carbonyl (C=O) groups is 3. The van der Waals surface area contributed by atoms with Crippen LogP contribution in [-0.4, -0.2) is 37.7 Å². The van der Waals surface area contributed by atoms with Crippen molar-refractivity contribution in [3.05, 3.63) is 71.3 Å². The van der Waals surface area contributed by atoms with Gasteiger partial charge >= 0.3 is 17.9 Å². The van der Waals surface area contributed by atoms with Crippen molar-refractivity contribution >= 4 is 17.9 Å². The normalized spacial score (nSPS) is 14.2. The monoisotopic (exact) mass is 961 g/mol. The molecule has 0 aliphatic carbocycles. The first-order valence-electron chi connectivity index (χ1n) is 27.1. The summed E-state index contributed by atoms with van der Waals surface area (Å²) in [4.78, 5) is 40.8. The molecule has 0 saturated carbocycles. The Kier molecular flexibility index (Phi) is 26.6. The zero-order chi connectivity index (χ0) is 53.0. The van der Waals surface area contributed by atoms with E-state index in [1.165, 1.54) is 34.9 Å². The van der Waals surface area contributed by atoms with Crippen LogP contribution >= 0.6 is 0 Å². The van der Waals surface area contributed by atoms with Gasteiger partial charge in [0.2, 0.25) is 0 Å². The first kappa shape index (κ1) is 63.9. The number of allylic oxidation sites excluding steroid dienone is 3. The van der Waals surface area contributed by atoms with Gasteiger partial charge in [-0.25, -0.2) is 14.4 Å². The van der Waals surface area contributed by atoms with Gasteiger partial charge in [-0.15, -0.1) is 19.7 Å². The Morgan fingerprint density at radius 1 is 0.406 bits per heavy atom. The van der Waals surface area contributed by atoms with Crippen LogP contribution in [0.3, 0.4) is 0 Å². The highest BCUT2D eigenvalue weighted by Crippen LogP contribution is 2.43. The van der Waals surface area contributed by atoms with Crippen LogP contribution in [0.4, 0.5) is 0 Å². The maximum Gasteiger partial charge on any atom is 0.338 e. The fraction of sp³-hybridized carbons (Fsp3) is 0.762. The molecule has 6 nitrogen and oxygen atoms in total. The molecule has 3 unspecified atom stereocenters. The van der Waals surface area contributed by atoms with E-state index in [2.05, 4.69) is 144 Å². The Labute approximate surface area is 426 Å². The molecule has 0 fully saturated rings. The van der Waals surface area contributed by atoms with Gasteiger partial charge in [0.15, 0.2) is 0 Å². The molecule has 0 heterocycles. The molecule has 6 heteroatoms. The predicted molar refractivity (Wildman–Crippen MR) is 295 cm³/mol. The van der Waals surface area contributed by atoms with E-state index in [0.717, 1.165) is 116 Å². The molecule has 0 aromatic heterocycles. The van der Waals surface area contributed by atoms with E-state index in [0.29, 0.717) is 17.8 Å². The van der Waals surface area contributed by atoms with Crippen LogP contribution in [0.2, 0.25) is 0 Å². The molecule has 0 spiro atoms. The molecule has 69 heavy (non-hydrogen) atoms. The van der Waals surface area contributed by atoms with Gasteiger partial charge in [0.1, 0.15) is 0 Å². The fourth-order valence-electron chi connectivity index (χ4n) is 12.3. The summed E-state index contributed by atoms with van der Waals surface area (Å²) in [7, 11) is 0. The van der Waals surface area contributed by atoms with E-state index in [1.54, 1.807) is 0 Å². The Morgan fingerprint density at radius 3 is 0.826 bits per heavy atom. The Morgan fingerprint density at radius 2 is 0.623 bits per heavy atom. The Balaban J connectivity index is 2.97. The molecular formula is C63H108O6. The average molecular weight is 962 g/mol. The largest absolute Gasteiger partial charge is 0.462 e. The molecule has 1 rings (SSSR count). The summed E-state index contributed by atoms with van der Waals surface area (Å²) in [5, 5.41) is 0. The minimum atomic E-state index is -0.564. The lowest BCUT2D eigenvalue weighted by atomic mass is 9.70. The number of hydrogen-bond donors (Lipinski definition) is 0. The molecule has 0 amide bonds. The zero-order valence-electron chi connectivity index (χ0n) is 48.4. The van der Waals surface area contributed by atoms with Gasteiger partial charge in [0.25, 0.3) is 0 Å². The van der Waals surface area contributed by atoms with E-state index in [4.69, 9.17) is 14.2 Å². The van der Waals surface area contributed by atoms with Crippen LogP contribution in [-0.2, 0) is 14.2 Å². The van der Waals surface area contributed by atoms with E-state index < -0.39 is 17.9 Å². The minimum Gasteiger partial charge on any atom is -0.462 e. The number of rotatable bonds is 36. The van der Waals surface area contributed by atoms with Gasteiger partial charge in [0.05, 0.1) is 36.5 Å². The summed E-state index contributed by atoms with van der Waals surface area (Å²) < 4.78 is 17.4. The molecule has 0 bridgehead atoms. The standard InChI is InChI=1S/C63H108O6/c1-46(2)40-61(16,17)43-58(10,11)31-22-25-49(7)28-34-67-55(64)52-37-53(56(65)68-35-29-50(8)26-23-32-59(12,13)44-62(18,19)41-47(3)4)39-54(38-52)57(66)69-36-30-51(9)27-24-33-60(14,15)45-63(20,21)42-48(5)6/h37-39,49-51H,1,3,5,22-36,40-45H2,2,4,6-21H3. The van der Waals surface area contributed by atoms with Crippen LogP contribution in [0, 0.1) is 50.2 Å². The van der Waals surface area contributed by atoms with Crippen molar-refractivity contribution in [2.24, 2.45) is 50.2 Å². The smallest absolute Gasteiger partial charge is 0.338 e. The molecule has 0 aliphatic heterocycles. The molecule has 396 valence electrons. The summed E-state index contributed by atoms with van der Waals surface area (Å²) in [5.74, 6) is -0.555. The third-order valence-corrected chi connectivity index (χ3v) is 14.0. The van der Waals surface area contributed by atoms with Gasteiger partial charge in [-0.3, -0.25) is 0 Å². The molecule has 1 aromatic rings. The van der Waals surface area contributed by atoms with Crippen LogP contribution < -0.4 is 0 Å². The van der Waals surface area contributed by atoms with E-state index >= 15 is 0 Å². The summed E-state index contributed by atoms with van der Waals surface area (Å²) in [6.07, 6.45) is 18.6. The van der Waals surface area contributed by atoms with Gasteiger partial charge in [-0.05, 0) is 166 Å². The summed E-state index contributed by atoms with van der Waals surface area (Å²) >= 11 is 0. The van der Waals surface area contributed by atoms with E-state index in [1.807, 2.05) is 0 Å². The van der Waals surface area contributed by atoms with Crippen molar-refractivity contribution < 1.29 is 28.6 Å². The highest BCUT2D eigenvalue weighted by atomic mass is 16.5. The number of ether oxygens (including phenoxy) is 3. The third kappa shape index (κ3) is 29.7. The Bertz CT molecular complexity index is 1570. The lowest BCUT2D eigenvalue weighted by Crippen LogP contribution is -2.23. The average Bonchev–Trinajstić information content (AvgIpc) is 3.14.